The summed E-state index contributed by atoms with van der Waals surface area (Å²) in [6.07, 6.45) is 0. The Morgan fingerprint density at radius 1 is 1.21 bits per heavy atom. The van der Waals surface area contributed by atoms with E-state index < -0.39 is 0 Å². The van der Waals surface area contributed by atoms with Crippen LogP contribution in [0, 0.1) is 5.82 Å². The van der Waals surface area contributed by atoms with E-state index in [1.165, 1.54) is 12.1 Å². The van der Waals surface area contributed by atoms with Crippen LogP contribution in [0.2, 0.25) is 0 Å². The van der Waals surface area contributed by atoms with Crippen molar-refractivity contribution >= 4 is 33.9 Å². The molecule has 150 valence electrons. The quantitative estimate of drug-likeness (QED) is 0.552. The summed E-state index contributed by atoms with van der Waals surface area (Å²) in [4.78, 5) is 17.1. The Balaban J connectivity index is 1.58. The van der Waals surface area contributed by atoms with Crippen LogP contribution in [0.3, 0.4) is 0 Å². The molecular weight excluding hydrogens is 397 g/mol. The molecule has 1 aromatic heterocycles. The molecule has 0 amide bonds. The van der Waals surface area contributed by atoms with Crippen LogP contribution in [0.25, 0.3) is 10.9 Å². The molecule has 9 heteroatoms. The number of rotatable bonds is 5. The summed E-state index contributed by atoms with van der Waals surface area (Å²) in [7, 11) is 0. The number of nitrogens with one attached hydrogen (secondary N) is 2. The molecule has 0 aliphatic carbocycles. The number of anilines is 1. The van der Waals surface area contributed by atoms with Gasteiger partial charge in [-0.2, -0.15) is 0 Å². The SMILES string of the molecule is O=c1[nH]c2cc3c(cc2cc1CN(CCO)C(=S)Nc1ccc(F)cc1)OCO3. The highest BCUT2D eigenvalue weighted by Gasteiger charge is 2.17. The van der Waals surface area contributed by atoms with Gasteiger partial charge in [0, 0.05) is 29.2 Å². The molecule has 4 rings (SSSR count). The lowest BCUT2D eigenvalue weighted by molar-refractivity contribution is 0.174. The summed E-state index contributed by atoms with van der Waals surface area (Å²) in [6, 6.07) is 11.1. The van der Waals surface area contributed by atoms with Crippen molar-refractivity contribution in [2.75, 3.05) is 25.3 Å². The summed E-state index contributed by atoms with van der Waals surface area (Å²) in [5.74, 6) is 0.862. The number of aliphatic hydroxyl groups is 1. The van der Waals surface area contributed by atoms with Crippen molar-refractivity contribution in [2.45, 2.75) is 6.54 Å². The summed E-state index contributed by atoms with van der Waals surface area (Å²) < 4.78 is 23.8. The first kappa shape index (κ1) is 19.2. The molecule has 0 spiro atoms. The van der Waals surface area contributed by atoms with Gasteiger partial charge < -0.3 is 29.8 Å². The van der Waals surface area contributed by atoms with Crippen molar-refractivity contribution in [3.05, 3.63) is 64.2 Å². The zero-order chi connectivity index (χ0) is 20.4. The zero-order valence-corrected chi connectivity index (χ0v) is 16.1. The average Bonchev–Trinajstić information content (AvgIpc) is 3.15. The molecular formula is C20H18FN3O4S. The van der Waals surface area contributed by atoms with Crippen LogP contribution in [0.4, 0.5) is 10.1 Å². The Hall–Kier alpha value is -3.17. The van der Waals surface area contributed by atoms with Gasteiger partial charge in [-0.25, -0.2) is 4.39 Å². The van der Waals surface area contributed by atoms with Crippen molar-refractivity contribution in [3.63, 3.8) is 0 Å². The monoisotopic (exact) mass is 415 g/mol. The Morgan fingerprint density at radius 2 is 1.93 bits per heavy atom. The second-order valence-corrected chi connectivity index (χ2v) is 6.89. The summed E-state index contributed by atoms with van der Waals surface area (Å²) in [5.41, 5.74) is 1.47. The first-order chi connectivity index (χ1) is 14.0. The molecule has 3 N–H and O–H groups in total. The third-order valence-electron chi connectivity index (χ3n) is 4.53. The highest BCUT2D eigenvalue weighted by molar-refractivity contribution is 7.80. The fourth-order valence-electron chi connectivity index (χ4n) is 3.07. The average molecular weight is 415 g/mol. The number of hydrogen-bond acceptors (Lipinski definition) is 5. The minimum absolute atomic E-state index is 0.143. The van der Waals surface area contributed by atoms with E-state index in [-0.39, 0.29) is 37.9 Å². The number of aromatic amines is 1. The number of thiocarbonyl (C=S) groups is 1. The fourth-order valence-corrected chi connectivity index (χ4v) is 3.35. The predicted molar refractivity (Wildman–Crippen MR) is 111 cm³/mol. The van der Waals surface area contributed by atoms with Gasteiger partial charge in [0.25, 0.3) is 5.56 Å². The van der Waals surface area contributed by atoms with Crippen LogP contribution >= 0.6 is 12.2 Å². The van der Waals surface area contributed by atoms with Crippen molar-refractivity contribution in [1.82, 2.24) is 9.88 Å². The van der Waals surface area contributed by atoms with Crippen LogP contribution in [-0.4, -0.2) is 40.0 Å². The van der Waals surface area contributed by atoms with Crippen LogP contribution < -0.4 is 20.3 Å². The van der Waals surface area contributed by atoms with Gasteiger partial charge >= 0.3 is 0 Å². The number of aliphatic hydroxyl groups excluding tert-OH is 1. The zero-order valence-electron chi connectivity index (χ0n) is 15.3. The first-order valence-corrected chi connectivity index (χ1v) is 9.32. The van der Waals surface area contributed by atoms with Gasteiger partial charge in [-0.1, -0.05) is 0 Å². The lowest BCUT2D eigenvalue weighted by Gasteiger charge is -2.25. The second-order valence-electron chi connectivity index (χ2n) is 6.50. The number of benzene rings is 2. The molecule has 0 atom stereocenters. The summed E-state index contributed by atoms with van der Waals surface area (Å²) >= 11 is 5.42. The van der Waals surface area contributed by atoms with Gasteiger partial charge in [0.2, 0.25) is 6.79 Å². The predicted octanol–water partition coefficient (Wildman–Crippen LogP) is 2.59. The number of hydrogen-bond donors (Lipinski definition) is 3. The lowest BCUT2D eigenvalue weighted by atomic mass is 10.1. The van der Waals surface area contributed by atoms with E-state index in [0.29, 0.717) is 33.4 Å². The number of nitrogens with zero attached hydrogens (tertiary/aromatic N) is 1. The van der Waals surface area contributed by atoms with Crippen molar-refractivity contribution in [1.29, 1.82) is 0 Å². The molecule has 0 fully saturated rings. The Morgan fingerprint density at radius 3 is 2.66 bits per heavy atom. The minimum Gasteiger partial charge on any atom is -0.454 e. The molecule has 29 heavy (non-hydrogen) atoms. The molecule has 0 saturated heterocycles. The molecule has 0 radical (unpaired) electrons. The largest absolute Gasteiger partial charge is 0.454 e. The number of halogens is 1. The smallest absolute Gasteiger partial charge is 0.253 e. The fraction of sp³-hybridized carbons (Fsp3) is 0.200. The molecule has 1 aliphatic heterocycles. The Labute approximate surface area is 170 Å². The van der Waals surface area contributed by atoms with E-state index >= 15 is 0 Å². The van der Waals surface area contributed by atoms with E-state index in [2.05, 4.69) is 10.3 Å². The molecule has 7 nitrogen and oxygen atoms in total. The van der Waals surface area contributed by atoms with E-state index in [1.807, 2.05) is 6.07 Å². The third-order valence-corrected chi connectivity index (χ3v) is 4.89. The van der Waals surface area contributed by atoms with Gasteiger partial charge in [-0.05, 0) is 48.6 Å². The lowest BCUT2D eigenvalue weighted by Crippen LogP contribution is -2.37. The van der Waals surface area contributed by atoms with Crippen molar-refractivity contribution < 1.29 is 19.0 Å². The van der Waals surface area contributed by atoms with Crippen molar-refractivity contribution in [3.8, 4) is 11.5 Å². The molecule has 2 heterocycles. The maximum Gasteiger partial charge on any atom is 0.253 e. The van der Waals surface area contributed by atoms with Gasteiger partial charge in [-0.3, -0.25) is 4.79 Å². The van der Waals surface area contributed by atoms with Gasteiger partial charge in [0.1, 0.15) is 5.82 Å². The molecule has 0 saturated carbocycles. The highest BCUT2D eigenvalue weighted by atomic mass is 32.1. The summed E-state index contributed by atoms with van der Waals surface area (Å²) in [6.45, 7) is 0.421. The van der Waals surface area contributed by atoms with E-state index in [9.17, 15) is 14.3 Å². The Bertz CT molecular complexity index is 1120. The molecule has 2 aromatic carbocycles. The highest BCUT2D eigenvalue weighted by Crippen LogP contribution is 2.35. The molecule has 3 aromatic rings. The van der Waals surface area contributed by atoms with E-state index in [4.69, 9.17) is 21.7 Å². The second kappa shape index (κ2) is 8.06. The maximum absolute atomic E-state index is 13.1. The van der Waals surface area contributed by atoms with Gasteiger partial charge in [0.15, 0.2) is 16.6 Å². The molecule has 1 aliphatic rings. The summed E-state index contributed by atoms with van der Waals surface area (Å²) in [5, 5.41) is 13.5. The van der Waals surface area contributed by atoms with E-state index in [0.717, 1.165) is 5.39 Å². The number of aromatic nitrogens is 1. The van der Waals surface area contributed by atoms with Crippen LogP contribution in [0.15, 0.2) is 47.3 Å². The number of pyridine rings is 1. The normalized spacial score (nSPS) is 12.2. The van der Waals surface area contributed by atoms with Crippen LogP contribution in [-0.2, 0) is 6.54 Å². The Kier molecular flexibility index (Phi) is 5.32. The van der Waals surface area contributed by atoms with Gasteiger partial charge in [-0.15, -0.1) is 0 Å². The number of fused-ring (bicyclic) bond motifs is 2. The van der Waals surface area contributed by atoms with Crippen LogP contribution in [0.5, 0.6) is 11.5 Å². The van der Waals surface area contributed by atoms with Gasteiger partial charge in [0.05, 0.1) is 18.7 Å². The minimum atomic E-state index is -0.350. The standard InChI is InChI=1S/C20H18FN3O4S/c21-14-1-3-15(4-2-14)22-20(29)24(5-6-25)10-13-7-12-8-17-18(28-11-27-17)9-16(12)23-19(13)26/h1-4,7-9,25H,5-6,10-11H2,(H,22,29)(H,23,26). The molecule has 0 unspecified atom stereocenters. The number of H-pyrrole nitrogens is 1. The van der Waals surface area contributed by atoms with Crippen LogP contribution in [0.1, 0.15) is 5.56 Å². The number of ether oxygens (including phenoxy) is 2. The topological polar surface area (TPSA) is 86.8 Å². The van der Waals surface area contributed by atoms with Crippen molar-refractivity contribution in [2.24, 2.45) is 0 Å². The van der Waals surface area contributed by atoms with E-state index in [1.54, 1.807) is 29.2 Å². The first-order valence-electron chi connectivity index (χ1n) is 8.91. The maximum atomic E-state index is 13.1. The third kappa shape index (κ3) is 4.15. The molecule has 0 bridgehead atoms.